The van der Waals surface area contributed by atoms with E-state index in [9.17, 15) is 0 Å². The lowest BCUT2D eigenvalue weighted by atomic mass is 9.97. The van der Waals surface area contributed by atoms with Crippen LogP contribution in [0.2, 0.25) is 0 Å². The van der Waals surface area contributed by atoms with Gasteiger partial charge >= 0.3 is 0 Å². The van der Waals surface area contributed by atoms with Crippen LogP contribution in [-0.2, 0) is 11.2 Å². The van der Waals surface area contributed by atoms with E-state index in [1.807, 2.05) is 13.1 Å². The Labute approximate surface area is 115 Å². The lowest BCUT2D eigenvalue weighted by Gasteiger charge is -2.26. The number of likely N-dealkylation sites (N-methyl/N-ethyl adjacent to an activating group) is 1. The lowest BCUT2D eigenvalue weighted by Crippen LogP contribution is -2.24. The first-order valence-corrected chi connectivity index (χ1v) is 6.96. The molecule has 3 rings (SSSR count). The molecule has 1 aromatic carbocycles. The molecule has 0 aliphatic carbocycles. The highest BCUT2D eigenvalue weighted by molar-refractivity contribution is 9.10. The van der Waals surface area contributed by atoms with Gasteiger partial charge in [0.1, 0.15) is 13.2 Å². The van der Waals surface area contributed by atoms with E-state index < -0.39 is 0 Å². The Kier molecular flexibility index (Phi) is 3.46. The summed E-state index contributed by atoms with van der Waals surface area (Å²) in [5.41, 5.74) is 2.44. The second kappa shape index (κ2) is 5.07. The summed E-state index contributed by atoms with van der Waals surface area (Å²) in [5.74, 6) is 1.71. The normalized spacial score (nSPS) is 22.2. The molecule has 0 bridgehead atoms. The zero-order valence-corrected chi connectivity index (χ0v) is 11.9. The summed E-state index contributed by atoms with van der Waals surface area (Å²) in [5, 5.41) is 3.30. The van der Waals surface area contributed by atoms with E-state index in [2.05, 4.69) is 21.2 Å². The predicted octanol–water partition coefficient (Wildman–Crippen LogP) is 2.05. The molecule has 18 heavy (non-hydrogen) atoms. The van der Waals surface area contributed by atoms with Crippen molar-refractivity contribution in [2.24, 2.45) is 0 Å². The highest BCUT2D eigenvalue weighted by Crippen LogP contribution is 2.44. The van der Waals surface area contributed by atoms with Gasteiger partial charge in [-0.25, -0.2) is 0 Å². The van der Waals surface area contributed by atoms with Crippen LogP contribution in [0.25, 0.3) is 0 Å². The molecule has 0 aromatic heterocycles. The zero-order valence-electron chi connectivity index (χ0n) is 10.3. The van der Waals surface area contributed by atoms with Crippen LogP contribution in [0.15, 0.2) is 10.5 Å². The summed E-state index contributed by atoms with van der Waals surface area (Å²) in [6, 6.07) is 2.15. The van der Waals surface area contributed by atoms with Crippen molar-refractivity contribution in [3.8, 4) is 11.5 Å². The molecule has 98 valence electrons. The number of rotatable bonds is 1. The van der Waals surface area contributed by atoms with Gasteiger partial charge in [0.2, 0.25) is 0 Å². The highest BCUT2D eigenvalue weighted by Gasteiger charge is 2.28. The predicted molar refractivity (Wildman–Crippen MR) is 71.5 cm³/mol. The minimum absolute atomic E-state index is 0.149. The molecule has 0 saturated heterocycles. The Morgan fingerprint density at radius 1 is 1.28 bits per heavy atom. The topological polar surface area (TPSA) is 39.7 Å². The van der Waals surface area contributed by atoms with Crippen LogP contribution >= 0.6 is 15.9 Å². The Balaban J connectivity index is 2.18. The summed E-state index contributed by atoms with van der Waals surface area (Å²) in [7, 11) is 1.94. The van der Waals surface area contributed by atoms with Gasteiger partial charge in [-0.15, -0.1) is 0 Å². The molecule has 0 spiro atoms. The molecule has 2 heterocycles. The summed E-state index contributed by atoms with van der Waals surface area (Å²) in [4.78, 5) is 0. The van der Waals surface area contributed by atoms with Gasteiger partial charge in [-0.3, -0.25) is 0 Å². The zero-order chi connectivity index (χ0) is 12.5. The van der Waals surface area contributed by atoms with Gasteiger partial charge in [0.05, 0.1) is 19.3 Å². The van der Waals surface area contributed by atoms with E-state index in [0.29, 0.717) is 19.8 Å². The third-order valence-electron chi connectivity index (χ3n) is 3.40. The third kappa shape index (κ3) is 2.00. The molecule has 0 amide bonds. The van der Waals surface area contributed by atoms with E-state index in [1.54, 1.807) is 0 Å². The first kappa shape index (κ1) is 12.3. The second-order valence-electron chi connectivity index (χ2n) is 4.44. The molecule has 1 aromatic rings. The number of hydrogen-bond donors (Lipinski definition) is 1. The number of hydrogen-bond acceptors (Lipinski definition) is 4. The molecule has 1 N–H and O–H groups in total. The van der Waals surface area contributed by atoms with Gasteiger partial charge in [0, 0.05) is 10.0 Å². The molecule has 2 aliphatic heterocycles. The smallest absolute Gasteiger partial charge is 0.166 e. The largest absolute Gasteiger partial charge is 0.486 e. The molecule has 0 saturated carbocycles. The SMILES string of the molecule is CNC1COCCc2c(Br)cc3c(c21)OCCO3. The standard InChI is InChI=1S/C13H16BrNO3/c1-15-10-7-16-3-2-8-9(14)6-11-13(12(8)10)18-5-4-17-11/h6,10,15H,2-5,7H2,1H3. The fraction of sp³-hybridized carbons (Fsp3) is 0.538. The summed E-state index contributed by atoms with van der Waals surface area (Å²) in [6.07, 6.45) is 0.894. The second-order valence-corrected chi connectivity index (χ2v) is 5.30. The molecular weight excluding hydrogens is 298 g/mol. The van der Waals surface area contributed by atoms with Crippen LogP contribution in [-0.4, -0.2) is 33.5 Å². The number of halogens is 1. The summed E-state index contributed by atoms with van der Waals surface area (Å²) in [6.45, 7) is 2.62. The average molecular weight is 314 g/mol. The minimum Gasteiger partial charge on any atom is -0.486 e. The van der Waals surface area contributed by atoms with Crippen molar-refractivity contribution in [2.45, 2.75) is 12.5 Å². The fourth-order valence-corrected chi connectivity index (χ4v) is 3.15. The van der Waals surface area contributed by atoms with Crippen molar-refractivity contribution in [2.75, 3.05) is 33.5 Å². The van der Waals surface area contributed by atoms with Crippen molar-refractivity contribution in [1.82, 2.24) is 5.32 Å². The first-order chi connectivity index (χ1) is 8.81. The van der Waals surface area contributed by atoms with Crippen LogP contribution in [0, 0.1) is 0 Å². The lowest BCUT2D eigenvalue weighted by molar-refractivity contribution is 0.121. The highest BCUT2D eigenvalue weighted by atomic mass is 79.9. The maximum Gasteiger partial charge on any atom is 0.166 e. The Bertz CT molecular complexity index is 464. The van der Waals surface area contributed by atoms with Gasteiger partial charge in [-0.1, -0.05) is 15.9 Å². The molecule has 4 nitrogen and oxygen atoms in total. The molecule has 1 atom stereocenters. The monoisotopic (exact) mass is 313 g/mol. The maximum atomic E-state index is 5.82. The van der Waals surface area contributed by atoms with E-state index >= 15 is 0 Å². The Morgan fingerprint density at radius 2 is 2.11 bits per heavy atom. The van der Waals surface area contributed by atoms with Crippen molar-refractivity contribution in [3.05, 3.63) is 21.7 Å². The van der Waals surface area contributed by atoms with Crippen LogP contribution in [0.4, 0.5) is 0 Å². The van der Waals surface area contributed by atoms with Crippen LogP contribution in [0.1, 0.15) is 17.2 Å². The van der Waals surface area contributed by atoms with E-state index in [0.717, 1.165) is 29.0 Å². The fourth-order valence-electron chi connectivity index (χ4n) is 2.53. The first-order valence-electron chi connectivity index (χ1n) is 6.17. The van der Waals surface area contributed by atoms with Crippen molar-refractivity contribution >= 4 is 15.9 Å². The molecule has 5 heteroatoms. The average Bonchev–Trinajstić information content (AvgIpc) is 2.61. The van der Waals surface area contributed by atoms with Crippen LogP contribution in [0.3, 0.4) is 0 Å². The number of fused-ring (bicyclic) bond motifs is 3. The maximum absolute atomic E-state index is 5.82. The van der Waals surface area contributed by atoms with Crippen molar-refractivity contribution < 1.29 is 14.2 Å². The summed E-state index contributed by atoms with van der Waals surface area (Å²) >= 11 is 3.63. The molecule has 1 unspecified atom stereocenters. The number of ether oxygens (including phenoxy) is 3. The van der Waals surface area contributed by atoms with E-state index in [-0.39, 0.29) is 6.04 Å². The van der Waals surface area contributed by atoms with Gasteiger partial charge in [-0.05, 0) is 25.1 Å². The van der Waals surface area contributed by atoms with Gasteiger partial charge < -0.3 is 19.5 Å². The molecular formula is C13H16BrNO3. The molecule has 0 radical (unpaired) electrons. The Hall–Kier alpha value is -0.780. The summed E-state index contributed by atoms with van der Waals surface area (Å²) < 4.78 is 18.2. The quantitative estimate of drug-likeness (QED) is 0.861. The minimum atomic E-state index is 0.149. The van der Waals surface area contributed by atoms with Crippen molar-refractivity contribution in [3.63, 3.8) is 0 Å². The van der Waals surface area contributed by atoms with Gasteiger partial charge in [-0.2, -0.15) is 0 Å². The third-order valence-corrected chi connectivity index (χ3v) is 4.11. The number of nitrogens with one attached hydrogen (secondary N) is 1. The van der Waals surface area contributed by atoms with Crippen molar-refractivity contribution in [1.29, 1.82) is 0 Å². The molecule has 2 aliphatic rings. The number of benzene rings is 1. The van der Waals surface area contributed by atoms with E-state index in [1.165, 1.54) is 11.1 Å². The van der Waals surface area contributed by atoms with Gasteiger partial charge in [0.25, 0.3) is 0 Å². The van der Waals surface area contributed by atoms with E-state index in [4.69, 9.17) is 14.2 Å². The molecule has 0 fully saturated rings. The Morgan fingerprint density at radius 3 is 2.94 bits per heavy atom. The van der Waals surface area contributed by atoms with Crippen LogP contribution in [0.5, 0.6) is 11.5 Å². The van der Waals surface area contributed by atoms with Gasteiger partial charge in [0.15, 0.2) is 11.5 Å². The van der Waals surface area contributed by atoms with Crippen LogP contribution < -0.4 is 14.8 Å².